The molecular formula is C14H17N3O2S2. The smallest absolute Gasteiger partial charge is 0.306 e. The summed E-state index contributed by atoms with van der Waals surface area (Å²) in [6, 6.07) is 8.25. The molecule has 0 spiro atoms. The lowest BCUT2D eigenvalue weighted by Gasteiger charge is -2.02. The van der Waals surface area contributed by atoms with Gasteiger partial charge in [0.05, 0.1) is 13.5 Å². The van der Waals surface area contributed by atoms with E-state index in [4.69, 9.17) is 0 Å². The molecule has 0 fully saturated rings. The summed E-state index contributed by atoms with van der Waals surface area (Å²) in [5.41, 5.74) is 2.30. The third kappa shape index (κ3) is 5.02. The van der Waals surface area contributed by atoms with E-state index < -0.39 is 0 Å². The number of rotatable bonds is 7. The highest BCUT2D eigenvalue weighted by Crippen LogP contribution is 2.28. The van der Waals surface area contributed by atoms with Crippen LogP contribution >= 0.6 is 23.1 Å². The first-order valence-electron chi connectivity index (χ1n) is 6.60. The van der Waals surface area contributed by atoms with Crippen LogP contribution in [0.4, 0.5) is 10.8 Å². The third-order valence-electron chi connectivity index (χ3n) is 2.78. The monoisotopic (exact) mass is 323 g/mol. The van der Waals surface area contributed by atoms with Gasteiger partial charge < -0.3 is 10.1 Å². The van der Waals surface area contributed by atoms with Crippen molar-refractivity contribution in [1.82, 2.24) is 10.2 Å². The number of benzene rings is 1. The molecule has 0 saturated heterocycles. The summed E-state index contributed by atoms with van der Waals surface area (Å²) in [7, 11) is 1.39. The molecule has 5 nitrogen and oxygen atoms in total. The quantitative estimate of drug-likeness (QED) is 0.621. The van der Waals surface area contributed by atoms with Gasteiger partial charge in [-0.1, -0.05) is 42.2 Å². The number of carbonyl (C=O) groups is 1. The zero-order valence-corrected chi connectivity index (χ0v) is 13.6. The number of esters is 1. The van der Waals surface area contributed by atoms with E-state index in [2.05, 4.69) is 39.3 Å². The van der Waals surface area contributed by atoms with Crippen molar-refractivity contribution in [3.8, 4) is 0 Å². The van der Waals surface area contributed by atoms with E-state index >= 15 is 0 Å². The van der Waals surface area contributed by atoms with Gasteiger partial charge in [-0.3, -0.25) is 4.79 Å². The molecule has 0 unspecified atom stereocenters. The molecule has 2 rings (SSSR count). The maximum absolute atomic E-state index is 11.0. The fourth-order valence-electron chi connectivity index (χ4n) is 1.59. The minimum absolute atomic E-state index is 0.207. The highest BCUT2D eigenvalue weighted by Gasteiger charge is 2.07. The zero-order valence-electron chi connectivity index (χ0n) is 12.0. The minimum atomic E-state index is -0.207. The summed E-state index contributed by atoms with van der Waals surface area (Å²) in [4.78, 5) is 11.0. The largest absolute Gasteiger partial charge is 0.469 e. The van der Waals surface area contributed by atoms with E-state index in [1.807, 2.05) is 12.1 Å². The van der Waals surface area contributed by atoms with Crippen LogP contribution in [0.2, 0.25) is 0 Å². The van der Waals surface area contributed by atoms with Crippen molar-refractivity contribution < 1.29 is 9.53 Å². The maximum Gasteiger partial charge on any atom is 0.306 e. The van der Waals surface area contributed by atoms with Gasteiger partial charge in [0.2, 0.25) is 5.13 Å². The predicted molar refractivity (Wildman–Crippen MR) is 86.4 cm³/mol. The molecule has 1 aromatic carbocycles. The molecule has 2 aromatic rings. The number of thioether (sulfide) groups is 1. The first kappa shape index (κ1) is 15.8. The van der Waals surface area contributed by atoms with Crippen LogP contribution in [-0.4, -0.2) is 29.0 Å². The fraction of sp³-hybridized carbons (Fsp3) is 0.357. The van der Waals surface area contributed by atoms with Crippen molar-refractivity contribution >= 4 is 39.9 Å². The summed E-state index contributed by atoms with van der Waals surface area (Å²) in [6.07, 6.45) is 1.40. The van der Waals surface area contributed by atoms with Gasteiger partial charge in [0, 0.05) is 11.4 Å². The number of ether oxygens (including phenoxy) is 1. The van der Waals surface area contributed by atoms with E-state index in [-0.39, 0.29) is 5.97 Å². The van der Waals surface area contributed by atoms with Gasteiger partial charge >= 0.3 is 5.97 Å². The first-order chi connectivity index (χ1) is 10.2. The van der Waals surface area contributed by atoms with Gasteiger partial charge in [0.25, 0.3) is 0 Å². The van der Waals surface area contributed by atoms with Crippen LogP contribution < -0.4 is 5.32 Å². The van der Waals surface area contributed by atoms with Crippen LogP contribution in [0.25, 0.3) is 0 Å². The van der Waals surface area contributed by atoms with Gasteiger partial charge in [-0.15, -0.1) is 10.2 Å². The number of anilines is 2. The highest BCUT2D eigenvalue weighted by atomic mass is 32.2. The highest BCUT2D eigenvalue weighted by molar-refractivity contribution is 8.01. The van der Waals surface area contributed by atoms with E-state index in [0.29, 0.717) is 12.2 Å². The van der Waals surface area contributed by atoms with Crippen molar-refractivity contribution in [2.45, 2.75) is 24.1 Å². The van der Waals surface area contributed by atoms with Crippen molar-refractivity contribution in [2.24, 2.45) is 0 Å². The topological polar surface area (TPSA) is 64.1 Å². The van der Waals surface area contributed by atoms with Crippen LogP contribution in [0.1, 0.15) is 18.9 Å². The lowest BCUT2D eigenvalue weighted by molar-refractivity contribution is -0.140. The molecule has 1 heterocycles. The van der Waals surface area contributed by atoms with Gasteiger partial charge in [0.15, 0.2) is 4.34 Å². The molecule has 0 amide bonds. The molecule has 0 aliphatic rings. The summed E-state index contributed by atoms with van der Waals surface area (Å²) >= 11 is 2.98. The number of aryl methyl sites for hydroxylation is 1. The van der Waals surface area contributed by atoms with E-state index in [9.17, 15) is 4.79 Å². The second-order valence-corrected chi connectivity index (χ2v) is 6.54. The molecular weight excluding hydrogens is 306 g/mol. The van der Waals surface area contributed by atoms with Crippen LogP contribution in [0.5, 0.6) is 0 Å². The molecule has 1 aromatic heterocycles. The number of hydrogen-bond donors (Lipinski definition) is 1. The molecule has 0 aliphatic heterocycles. The number of nitrogens with zero attached hydrogens (tertiary/aromatic N) is 2. The van der Waals surface area contributed by atoms with E-state index in [1.165, 1.54) is 35.8 Å². The summed E-state index contributed by atoms with van der Waals surface area (Å²) in [6.45, 7) is 2.13. The predicted octanol–water partition coefficient (Wildman–Crippen LogP) is 3.50. The molecule has 1 N–H and O–H groups in total. The van der Waals surface area contributed by atoms with Gasteiger partial charge in [-0.05, 0) is 24.1 Å². The lowest BCUT2D eigenvalue weighted by atomic mass is 10.1. The Morgan fingerprint density at radius 2 is 2.10 bits per heavy atom. The second-order valence-electron chi connectivity index (χ2n) is 4.22. The SMILES string of the molecule is CCc1ccc(Nc2nnc(SCCC(=O)OC)s2)cc1. The number of methoxy groups -OCH3 is 1. The average Bonchev–Trinajstić information content (AvgIpc) is 2.95. The Kier molecular flexibility index (Phi) is 6.01. The standard InChI is InChI=1S/C14H17N3O2S2/c1-3-10-4-6-11(7-5-10)15-13-16-17-14(21-13)20-9-8-12(18)19-2/h4-7H,3,8-9H2,1-2H3,(H,15,16). The molecule has 7 heteroatoms. The number of hydrogen-bond acceptors (Lipinski definition) is 7. The number of aromatic nitrogens is 2. The van der Waals surface area contributed by atoms with Crippen molar-refractivity contribution in [2.75, 3.05) is 18.2 Å². The normalized spacial score (nSPS) is 10.4. The Balaban J connectivity index is 1.85. The molecule has 21 heavy (non-hydrogen) atoms. The Bertz CT molecular complexity index is 584. The Morgan fingerprint density at radius 3 is 2.76 bits per heavy atom. The van der Waals surface area contributed by atoms with Crippen LogP contribution in [-0.2, 0) is 16.0 Å². The molecule has 0 saturated carbocycles. The Labute approximate surface area is 132 Å². The molecule has 0 bridgehead atoms. The van der Waals surface area contributed by atoms with Crippen LogP contribution in [0, 0.1) is 0 Å². The van der Waals surface area contributed by atoms with Gasteiger partial charge in [-0.2, -0.15) is 0 Å². The first-order valence-corrected chi connectivity index (χ1v) is 8.40. The number of nitrogens with one attached hydrogen (secondary N) is 1. The van der Waals surface area contributed by atoms with Crippen LogP contribution in [0.3, 0.4) is 0 Å². The van der Waals surface area contributed by atoms with Crippen molar-refractivity contribution in [3.05, 3.63) is 29.8 Å². The lowest BCUT2D eigenvalue weighted by Crippen LogP contribution is -2.00. The average molecular weight is 323 g/mol. The molecule has 0 radical (unpaired) electrons. The fourth-order valence-corrected chi connectivity index (χ4v) is 3.35. The zero-order chi connectivity index (χ0) is 15.1. The minimum Gasteiger partial charge on any atom is -0.469 e. The molecule has 0 atom stereocenters. The second kappa shape index (κ2) is 7.99. The summed E-state index contributed by atoms with van der Waals surface area (Å²) in [5.74, 6) is 0.438. The van der Waals surface area contributed by atoms with Crippen molar-refractivity contribution in [1.29, 1.82) is 0 Å². The maximum atomic E-state index is 11.0. The summed E-state index contributed by atoms with van der Waals surface area (Å²) < 4.78 is 5.43. The van der Waals surface area contributed by atoms with E-state index in [1.54, 1.807) is 0 Å². The number of carbonyl (C=O) groups excluding carboxylic acids is 1. The van der Waals surface area contributed by atoms with Crippen molar-refractivity contribution in [3.63, 3.8) is 0 Å². The Hall–Kier alpha value is -1.60. The molecule has 0 aliphatic carbocycles. The third-order valence-corrected chi connectivity index (χ3v) is 4.75. The summed E-state index contributed by atoms with van der Waals surface area (Å²) in [5, 5.41) is 12.2. The van der Waals surface area contributed by atoms with Crippen LogP contribution in [0.15, 0.2) is 28.6 Å². The Morgan fingerprint density at radius 1 is 1.33 bits per heavy atom. The van der Waals surface area contributed by atoms with E-state index in [0.717, 1.165) is 21.6 Å². The van der Waals surface area contributed by atoms with Gasteiger partial charge in [-0.25, -0.2) is 0 Å². The van der Waals surface area contributed by atoms with Gasteiger partial charge in [0.1, 0.15) is 0 Å². The molecule has 112 valence electrons.